The number of esters is 1. The van der Waals surface area contributed by atoms with Gasteiger partial charge in [0, 0.05) is 0 Å². The summed E-state index contributed by atoms with van der Waals surface area (Å²) in [5, 5.41) is 2.84. The summed E-state index contributed by atoms with van der Waals surface area (Å²) >= 11 is 0. The smallest absolute Gasteiger partial charge is 0.407 e. The molecule has 1 fully saturated rings. The number of alkyl carbamates (subject to hydrolysis) is 1. The Morgan fingerprint density at radius 3 is 2.28 bits per heavy atom. The Hall–Kier alpha value is -2.28. The predicted octanol–water partition coefficient (Wildman–Crippen LogP) is 3.84. The van der Waals surface area contributed by atoms with Crippen LogP contribution in [-0.4, -0.2) is 44.0 Å². The van der Waals surface area contributed by atoms with E-state index in [0.717, 1.165) is 24.2 Å². The summed E-state index contributed by atoms with van der Waals surface area (Å²) in [7, 11) is 2.92. The standard InChI is InChI=1S/C22H33NO6/c1-22(2,3)29-21(25)23-18(13-15-7-6-8-15)19(20(24)27-5)28-14-16-9-11-17(26-4)12-10-16/h9-12,15,18-19H,6-8,13-14H2,1-5H3,(H,23,25). The van der Waals surface area contributed by atoms with E-state index < -0.39 is 29.8 Å². The van der Waals surface area contributed by atoms with Crippen molar-refractivity contribution in [3.05, 3.63) is 29.8 Å². The number of hydrogen-bond donors (Lipinski definition) is 1. The normalized spacial score (nSPS) is 16.3. The van der Waals surface area contributed by atoms with Gasteiger partial charge in [0.15, 0.2) is 6.10 Å². The number of amides is 1. The summed E-state index contributed by atoms with van der Waals surface area (Å²) in [5.41, 5.74) is 0.259. The van der Waals surface area contributed by atoms with Crippen molar-refractivity contribution in [2.24, 2.45) is 5.92 Å². The first-order valence-corrected chi connectivity index (χ1v) is 10.0. The molecule has 0 aliphatic heterocycles. The van der Waals surface area contributed by atoms with E-state index in [1.165, 1.54) is 13.5 Å². The fraction of sp³-hybridized carbons (Fsp3) is 0.636. The van der Waals surface area contributed by atoms with Gasteiger partial charge in [-0.05, 0) is 50.8 Å². The van der Waals surface area contributed by atoms with E-state index in [1.54, 1.807) is 27.9 Å². The monoisotopic (exact) mass is 407 g/mol. The topological polar surface area (TPSA) is 83.1 Å². The molecule has 0 bridgehead atoms. The molecule has 1 N–H and O–H groups in total. The van der Waals surface area contributed by atoms with Crippen LogP contribution in [0.5, 0.6) is 5.75 Å². The second-order valence-corrected chi connectivity index (χ2v) is 8.39. The second-order valence-electron chi connectivity index (χ2n) is 8.39. The van der Waals surface area contributed by atoms with E-state index in [4.69, 9.17) is 18.9 Å². The number of rotatable bonds is 9. The number of benzene rings is 1. The number of nitrogens with one attached hydrogen (secondary N) is 1. The molecule has 1 amide bonds. The molecular formula is C22H33NO6. The van der Waals surface area contributed by atoms with Crippen molar-refractivity contribution in [2.45, 2.75) is 70.8 Å². The molecule has 1 saturated carbocycles. The molecular weight excluding hydrogens is 374 g/mol. The first-order valence-electron chi connectivity index (χ1n) is 10.0. The molecule has 162 valence electrons. The quantitative estimate of drug-likeness (QED) is 0.626. The van der Waals surface area contributed by atoms with Gasteiger partial charge in [0.2, 0.25) is 0 Å². The number of methoxy groups -OCH3 is 2. The first-order chi connectivity index (χ1) is 13.7. The van der Waals surface area contributed by atoms with Crippen LogP contribution in [0.25, 0.3) is 0 Å². The number of hydrogen-bond acceptors (Lipinski definition) is 6. The zero-order valence-corrected chi connectivity index (χ0v) is 18.0. The molecule has 29 heavy (non-hydrogen) atoms. The molecule has 2 atom stereocenters. The zero-order chi connectivity index (χ0) is 21.4. The predicted molar refractivity (Wildman–Crippen MR) is 109 cm³/mol. The number of ether oxygens (including phenoxy) is 4. The summed E-state index contributed by atoms with van der Waals surface area (Å²) < 4.78 is 21.4. The summed E-state index contributed by atoms with van der Waals surface area (Å²) in [5.74, 6) is 0.679. The molecule has 0 heterocycles. The first kappa shape index (κ1) is 23.0. The lowest BCUT2D eigenvalue weighted by Crippen LogP contribution is -2.51. The van der Waals surface area contributed by atoms with Gasteiger partial charge in [-0.15, -0.1) is 0 Å². The maximum absolute atomic E-state index is 12.5. The highest BCUT2D eigenvalue weighted by atomic mass is 16.6. The van der Waals surface area contributed by atoms with Crippen molar-refractivity contribution >= 4 is 12.1 Å². The molecule has 0 aromatic heterocycles. The van der Waals surface area contributed by atoms with Crippen molar-refractivity contribution in [3.63, 3.8) is 0 Å². The van der Waals surface area contributed by atoms with Crippen LogP contribution in [0.1, 0.15) is 52.0 Å². The van der Waals surface area contributed by atoms with Crippen molar-refractivity contribution in [1.82, 2.24) is 5.32 Å². The number of carbonyl (C=O) groups excluding carboxylic acids is 2. The Morgan fingerprint density at radius 1 is 1.14 bits per heavy atom. The molecule has 7 nitrogen and oxygen atoms in total. The van der Waals surface area contributed by atoms with Crippen molar-refractivity contribution < 1.29 is 28.5 Å². The molecule has 0 radical (unpaired) electrons. The molecule has 1 aliphatic rings. The highest BCUT2D eigenvalue weighted by Crippen LogP contribution is 2.32. The van der Waals surface area contributed by atoms with E-state index in [9.17, 15) is 9.59 Å². The molecule has 2 unspecified atom stereocenters. The highest BCUT2D eigenvalue weighted by Gasteiger charge is 2.35. The molecule has 1 aliphatic carbocycles. The Bertz CT molecular complexity index is 663. The van der Waals surface area contributed by atoms with Crippen LogP contribution < -0.4 is 10.1 Å². The largest absolute Gasteiger partial charge is 0.497 e. The van der Waals surface area contributed by atoms with Crippen molar-refractivity contribution in [1.29, 1.82) is 0 Å². The Kier molecular flexibility index (Phi) is 8.32. The van der Waals surface area contributed by atoms with E-state index in [-0.39, 0.29) is 6.61 Å². The Morgan fingerprint density at radius 2 is 1.79 bits per heavy atom. The van der Waals surface area contributed by atoms with Gasteiger partial charge in [-0.3, -0.25) is 0 Å². The van der Waals surface area contributed by atoms with Gasteiger partial charge < -0.3 is 24.3 Å². The third-order valence-corrected chi connectivity index (χ3v) is 4.90. The van der Waals surface area contributed by atoms with Crippen LogP contribution in [-0.2, 0) is 25.6 Å². The average Bonchev–Trinajstić information content (AvgIpc) is 2.63. The third-order valence-electron chi connectivity index (χ3n) is 4.90. The zero-order valence-electron chi connectivity index (χ0n) is 18.0. The maximum atomic E-state index is 12.5. The molecule has 0 saturated heterocycles. The Labute approximate surface area is 173 Å². The van der Waals surface area contributed by atoms with Crippen LogP contribution in [0.4, 0.5) is 4.79 Å². The SMILES string of the molecule is COC(=O)C(OCc1ccc(OC)cc1)C(CC1CCC1)NC(=O)OC(C)(C)C. The lowest BCUT2D eigenvalue weighted by Gasteiger charge is -2.33. The molecule has 2 rings (SSSR count). The summed E-state index contributed by atoms with van der Waals surface area (Å²) in [6.07, 6.45) is 2.48. The maximum Gasteiger partial charge on any atom is 0.407 e. The van der Waals surface area contributed by atoms with Gasteiger partial charge >= 0.3 is 12.1 Å². The van der Waals surface area contributed by atoms with Gasteiger partial charge in [-0.25, -0.2) is 9.59 Å². The Balaban J connectivity index is 2.10. The van der Waals surface area contributed by atoms with Gasteiger partial charge in [0.05, 0.1) is 26.9 Å². The van der Waals surface area contributed by atoms with Gasteiger partial charge in [0.25, 0.3) is 0 Å². The van der Waals surface area contributed by atoms with Crippen LogP contribution in [0, 0.1) is 5.92 Å². The van der Waals surface area contributed by atoms with E-state index in [1.807, 2.05) is 24.3 Å². The second kappa shape index (κ2) is 10.5. The summed E-state index contributed by atoms with van der Waals surface area (Å²) in [6.45, 7) is 5.60. The van der Waals surface area contributed by atoms with Crippen LogP contribution in [0.2, 0.25) is 0 Å². The molecule has 0 spiro atoms. The minimum atomic E-state index is -0.921. The van der Waals surface area contributed by atoms with Crippen LogP contribution in [0.3, 0.4) is 0 Å². The lowest BCUT2D eigenvalue weighted by atomic mass is 9.80. The van der Waals surface area contributed by atoms with E-state index >= 15 is 0 Å². The van der Waals surface area contributed by atoms with Gasteiger partial charge in [0.1, 0.15) is 11.4 Å². The lowest BCUT2D eigenvalue weighted by molar-refractivity contribution is -0.157. The molecule has 7 heteroatoms. The van der Waals surface area contributed by atoms with Crippen LogP contribution >= 0.6 is 0 Å². The third kappa shape index (κ3) is 7.57. The minimum absolute atomic E-state index is 0.209. The molecule has 1 aromatic carbocycles. The fourth-order valence-corrected chi connectivity index (χ4v) is 3.18. The van der Waals surface area contributed by atoms with Crippen LogP contribution in [0.15, 0.2) is 24.3 Å². The van der Waals surface area contributed by atoms with Crippen molar-refractivity contribution in [3.8, 4) is 5.75 Å². The molecule has 1 aromatic rings. The van der Waals surface area contributed by atoms with E-state index in [2.05, 4.69) is 5.32 Å². The van der Waals surface area contributed by atoms with Crippen molar-refractivity contribution in [2.75, 3.05) is 14.2 Å². The average molecular weight is 408 g/mol. The van der Waals surface area contributed by atoms with E-state index in [0.29, 0.717) is 12.3 Å². The number of carbonyl (C=O) groups is 2. The summed E-state index contributed by atoms with van der Waals surface area (Å²) in [6, 6.07) is 6.87. The highest BCUT2D eigenvalue weighted by molar-refractivity contribution is 5.77. The minimum Gasteiger partial charge on any atom is -0.497 e. The fourth-order valence-electron chi connectivity index (χ4n) is 3.18. The van der Waals surface area contributed by atoms with Gasteiger partial charge in [-0.2, -0.15) is 0 Å². The van der Waals surface area contributed by atoms with Gasteiger partial charge in [-0.1, -0.05) is 31.4 Å². The summed E-state index contributed by atoms with van der Waals surface area (Å²) in [4.78, 5) is 24.8.